The van der Waals surface area contributed by atoms with E-state index >= 15 is 0 Å². The minimum Gasteiger partial charge on any atom is -0.369 e. The topological polar surface area (TPSA) is 9.23 Å². The molecule has 0 aliphatic rings. The molecule has 2 rings (SSSR count). The van der Waals surface area contributed by atoms with Crippen LogP contribution in [0.1, 0.15) is 30.6 Å². The Kier molecular flexibility index (Phi) is 5.39. The van der Waals surface area contributed by atoms with E-state index in [1.807, 2.05) is 24.3 Å². The third kappa shape index (κ3) is 4.38. The highest BCUT2D eigenvalue weighted by atomic mass is 16.5. The van der Waals surface area contributed by atoms with E-state index in [0.717, 1.165) is 6.42 Å². The summed E-state index contributed by atoms with van der Waals surface area (Å²) in [6.07, 6.45) is 5.34. The summed E-state index contributed by atoms with van der Waals surface area (Å²) < 4.78 is 5.91. The van der Waals surface area contributed by atoms with Crippen LogP contribution in [0.5, 0.6) is 0 Å². The summed E-state index contributed by atoms with van der Waals surface area (Å²) in [5.74, 6) is 0. The van der Waals surface area contributed by atoms with Gasteiger partial charge in [0.15, 0.2) is 0 Å². The molecular formula is C18H20O. The minimum absolute atomic E-state index is 0.182. The molecule has 0 amide bonds. The minimum atomic E-state index is 0.182. The SMILES string of the molecule is CC[C@@H](OC/C=C/c1ccccc1)c1ccccc1. The number of ether oxygens (including phenoxy) is 1. The normalized spacial score (nSPS) is 12.7. The molecule has 1 heteroatoms. The maximum Gasteiger partial charge on any atom is 0.0826 e. The molecule has 19 heavy (non-hydrogen) atoms. The van der Waals surface area contributed by atoms with Crippen LogP contribution < -0.4 is 0 Å². The van der Waals surface area contributed by atoms with E-state index in [1.54, 1.807) is 0 Å². The van der Waals surface area contributed by atoms with Crippen molar-refractivity contribution in [3.8, 4) is 0 Å². The highest BCUT2D eigenvalue weighted by Gasteiger charge is 2.07. The molecule has 0 fully saturated rings. The van der Waals surface area contributed by atoms with Crippen molar-refractivity contribution in [1.82, 2.24) is 0 Å². The molecule has 0 aliphatic carbocycles. The molecule has 98 valence electrons. The fourth-order valence-electron chi connectivity index (χ4n) is 2.04. The monoisotopic (exact) mass is 252 g/mol. The Morgan fingerprint density at radius 3 is 2.21 bits per heavy atom. The predicted octanol–water partition coefficient (Wildman–Crippen LogP) is 4.87. The summed E-state index contributed by atoms with van der Waals surface area (Å²) in [5, 5.41) is 0. The number of rotatable bonds is 6. The molecule has 0 saturated carbocycles. The second-order valence-electron chi connectivity index (χ2n) is 4.45. The van der Waals surface area contributed by atoms with E-state index in [2.05, 4.69) is 55.5 Å². The van der Waals surface area contributed by atoms with Gasteiger partial charge in [0, 0.05) is 0 Å². The Morgan fingerprint density at radius 1 is 0.947 bits per heavy atom. The molecule has 0 aromatic heterocycles. The molecule has 0 bridgehead atoms. The van der Waals surface area contributed by atoms with Crippen LogP contribution in [0, 0.1) is 0 Å². The van der Waals surface area contributed by atoms with Crippen LogP contribution in [-0.2, 0) is 4.74 Å². The van der Waals surface area contributed by atoms with Crippen LogP contribution in [0.4, 0.5) is 0 Å². The molecule has 0 unspecified atom stereocenters. The first kappa shape index (κ1) is 13.6. The smallest absolute Gasteiger partial charge is 0.0826 e. The molecule has 0 radical (unpaired) electrons. The summed E-state index contributed by atoms with van der Waals surface area (Å²) in [5.41, 5.74) is 2.46. The lowest BCUT2D eigenvalue weighted by Crippen LogP contribution is -2.02. The molecular weight excluding hydrogens is 232 g/mol. The molecule has 2 aromatic rings. The van der Waals surface area contributed by atoms with Crippen LogP contribution in [0.2, 0.25) is 0 Å². The summed E-state index contributed by atoms with van der Waals surface area (Å²) in [6.45, 7) is 2.79. The van der Waals surface area contributed by atoms with Crippen molar-refractivity contribution in [2.24, 2.45) is 0 Å². The fraction of sp³-hybridized carbons (Fsp3) is 0.222. The van der Waals surface area contributed by atoms with Crippen LogP contribution in [0.3, 0.4) is 0 Å². The van der Waals surface area contributed by atoms with Gasteiger partial charge in [-0.1, -0.05) is 79.7 Å². The van der Waals surface area contributed by atoms with Crippen LogP contribution in [0.25, 0.3) is 6.08 Å². The van der Waals surface area contributed by atoms with Crippen molar-refractivity contribution in [2.75, 3.05) is 6.61 Å². The summed E-state index contributed by atoms with van der Waals surface area (Å²) >= 11 is 0. The first-order valence-corrected chi connectivity index (χ1v) is 6.78. The maximum absolute atomic E-state index is 5.91. The van der Waals surface area contributed by atoms with Gasteiger partial charge in [0.1, 0.15) is 0 Å². The van der Waals surface area contributed by atoms with E-state index in [4.69, 9.17) is 4.74 Å². The average molecular weight is 252 g/mol. The molecule has 0 heterocycles. The van der Waals surface area contributed by atoms with Crippen molar-refractivity contribution in [3.63, 3.8) is 0 Å². The van der Waals surface area contributed by atoms with Crippen molar-refractivity contribution in [1.29, 1.82) is 0 Å². The van der Waals surface area contributed by atoms with E-state index in [-0.39, 0.29) is 6.10 Å². The highest BCUT2D eigenvalue weighted by molar-refractivity contribution is 5.48. The average Bonchev–Trinajstić information content (AvgIpc) is 2.49. The molecule has 1 nitrogen and oxygen atoms in total. The zero-order valence-electron chi connectivity index (χ0n) is 11.3. The van der Waals surface area contributed by atoms with Crippen LogP contribution in [0.15, 0.2) is 66.7 Å². The first-order valence-electron chi connectivity index (χ1n) is 6.78. The van der Waals surface area contributed by atoms with E-state index < -0.39 is 0 Å². The predicted molar refractivity (Wildman–Crippen MR) is 80.9 cm³/mol. The number of benzene rings is 2. The van der Waals surface area contributed by atoms with Gasteiger partial charge in [0.05, 0.1) is 12.7 Å². The van der Waals surface area contributed by atoms with Gasteiger partial charge in [-0.15, -0.1) is 0 Å². The van der Waals surface area contributed by atoms with Gasteiger partial charge in [0.25, 0.3) is 0 Å². The van der Waals surface area contributed by atoms with Gasteiger partial charge in [-0.05, 0) is 17.5 Å². The molecule has 1 atom stereocenters. The van der Waals surface area contributed by atoms with Crippen molar-refractivity contribution in [3.05, 3.63) is 77.9 Å². The first-order chi connectivity index (χ1) is 9.40. The lowest BCUT2D eigenvalue weighted by molar-refractivity contribution is 0.0716. The van der Waals surface area contributed by atoms with E-state index in [9.17, 15) is 0 Å². The fourth-order valence-corrected chi connectivity index (χ4v) is 2.04. The molecule has 0 spiro atoms. The third-order valence-corrected chi connectivity index (χ3v) is 3.05. The Balaban J connectivity index is 1.86. The summed E-state index contributed by atoms with van der Waals surface area (Å²) in [7, 11) is 0. The van der Waals surface area contributed by atoms with E-state index in [0.29, 0.717) is 6.61 Å². The standard InChI is InChI=1S/C18H20O/c1-2-18(17-13-7-4-8-14-17)19-15-9-12-16-10-5-3-6-11-16/h3-14,18H,2,15H2,1H3/b12-9+/t18-/m1/s1. The molecule has 0 saturated heterocycles. The van der Waals surface area contributed by atoms with Crippen LogP contribution in [-0.4, -0.2) is 6.61 Å². The van der Waals surface area contributed by atoms with E-state index in [1.165, 1.54) is 11.1 Å². The number of hydrogen-bond acceptors (Lipinski definition) is 1. The molecule has 0 N–H and O–H groups in total. The second-order valence-corrected chi connectivity index (χ2v) is 4.45. The second kappa shape index (κ2) is 7.55. The van der Waals surface area contributed by atoms with Gasteiger partial charge in [-0.25, -0.2) is 0 Å². The Hall–Kier alpha value is -1.86. The maximum atomic E-state index is 5.91. The lowest BCUT2D eigenvalue weighted by Gasteiger charge is -2.15. The van der Waals surface area contributed by atoms with Crippen molar-refractivity contribution < 1.29 is 4.74 Å². The zero-order valence-corrected chi connectivity index (χ0v) is 11.3. The van der Waals surface area contributed by atoms with Gasteiger partial charge in [0.2, 0.25) is 0 Å². The summed E-state index contributed by atoms with van der Waals surface area (Å²) in [6, 6.07) is 20.7. The Morgan fingerprint density at radius 2 is 1.58 bits per heavy atom. The van der Waals surface area contributed by atoms with Crippen molar-refractivity contribution >= 4 is 6.08 Å². The lowest BCUT2D eigenvalue weighted by atomic mass is 10.1. The quantitative estimate of drug-likeness (QED) is 0.712. The summed E-state index contributed by atoms with van der Waals surface area (Å²) in [4.78, 5) is 0. The third-order valence-electron chi connectivity index (χ3n) is 3.05. The Bertz CT molecular complexity index is 488. The van der Waals surface area contributed by atoms with Gasteiger partial charge >= 0.3 is 0 Å². The Labute approximate surface area is 115 Å². The van der Waals surface area contributed by atoms with Crippen molar-refractivity contribution in [2.45, 2.75) is 19.4 Å². The highest BCUT2D eigenvalue weighted by Crippen LogP contribution is 2.20. The van der Waals surface area contributed by atoms with Crippen LogP contribution >= 0.6 is 0 Å². The van der Waals surface area contributed by atoms with Gasteiger partial charge < -0.3 is 4.74 Å². The van der Waals surface area contributed by atoms with Gasteiger partial charge in [-0.3, -0.25) is 0 Å². The largest absolute Gasteiger partial charge is 0.369 e. The zero-order chi connectivity index (χ0) is 13.3. The molecule has 2 aromatic carbocycles. The number of hydrogen-bond donors (Lipinski definition) is 0. The van der Waals surface area contributed by atoms with Gasteiger partial charge in [-0.2, -0.15) is 0 Å². The molecule has 0 aliphatic heterocycles.